The Morgan fingerprint density at radius 3 is 2.29 bits per heavy atom. The van der Waals surface area contributed by atoms with Crippen molar-refractivity contribution in [2.75, 3.05) is 20.3 Å². The van der Waals surface area contributed by atoms with Gasteiger partial charge < -0.3 is 20.1 Å². The molecule has 2 aromatic rings. The van der Waals surface area contributed by atoms with Crippen molar-refractivity contribution in [2.24, 2.45) is 0 Å². The Labute approximate surface area is 139 Å². The minimum absolute atomic E-state index is 0.137. The first-order valence-corrected chi connectivity index (χ1v) is 7.66. The van der Waals surface area contributed by atoms with Gasteiger partial charge in [-0.15, -0.1) is 0 Å². The largest absolute Gasteiger partial charge is 0.486 e. The maximum Gasteiger partial charge on any atom is 0.251 e. The molecule has 124 valence electrons. The van der Waals surface area contributed by atoms with Gasteiger partial charge >= 0.3 is 0 Å². The summed E-state index contributed by atoms with van der Waals surface area (Å²) in [4.78, 5) is 23.7. The SMILES string of the molecule is CNC(=O)c1ccc(CNC(=O)c2ccc3c(c2)OCCO3)cc1. The van der Waals surface area contributed by atoms with E-state index in [1.54, 1.807) is 37.4 Å². The van der Waals surface area contributed by atoms with Crippen molar-refractivity contribution < 1.29 is 19.1 Å². The number of carbonyl (C=O) groups is 2. The van der Waals surface area contributed by atoms with Gasteiger partial charge in [0.15, 0.2) is 11.5 Å². The molecule has 0 fully saturated rings. The molecular formula is C18H18N2O4. The van der Waals surface area contributed by atoms with E-state index in [2.05, 4.69) is 10.6 Å². The molecule has 2 N–H and O–H groups in total. The molecule has 0 atom stereocenters. The van der Waals surface area contributed by atoms with Gasteiger partial charge in [0.25, 0.3) is 11.8 Å². The van der Waals surface area contributed by atoms with Crippen molar-refractivity contribution in [1.82, 2.24) is 10.6 Å². The van der Waals surface area contributed by atoms with E-state index in [4.69, 9.17) is 9.47 Å². The van der Waals surface area contributed by atoms with E-state index < -0.39 is 0 Å². The van der Waals surface area contributed by atoms with Crippen LogP contribution in [0.3, 0.4) is 0 Å². The maximum atomic E-state index is 12.3. The fourth-order valence-corrected chi connectivity index (χ4v) is 2.39. The Bertz CT molecular complexity index is 756. The van der Waals surface area contributed by atoms with Crippen LogP contribution >= 0.6 is 0 Å². The van der Waals surface area contributed by atoms with Crippen molar-refractivity contribution in [3.8, 4) is 11.5 Å². The molecule has 1 heterocycles. The number of hydrogen-bond acceptors (Lipinski definition) is 4. The van der Waals surface area contributed by atoms with E-state index in [0.29, 0.717) is 42.4 Å². The van der Waals surface area contributed by atoms with Crippen LogP contribution in [0.5, 0.6) is 11.5 Å². The number of benzene rings is 2. The monoisotopic (exact) mass is 326 g/mol. The highest BCUT2D eigenvalue weighted by Gasteiger charge is 2.14. The molecule has 24 heavy (non-hydrogen) atoms. The average molecular weight is 326 g/mol. The molecule has 0 bridgehead atoms. The van der Waals surface area contributed by atoms with Crippen LogP contribution in [-0.2, 0) is 6.54 Å². The summed E-state index contributed by atoms with van der Waals surface area (Å²) in [5.74, 6) is 0.913. The summed E-state index contributed by atoms with van der Waals surface area (Å²) in [6.07, 6.45) is 0. The standard InChI is InChI=1S/C18H18N2O4/c1-19-17(21)13-4-2-12(3-5-13)11-20-18(22)14-6-7-15-16(10-14)24-9-8-23-15/h2-7,10H,8-9,11H2,1H3,(H,19,21)(H,20,22). The lowest BCUT2D eigenvalue weighted by Gasteiger charge is -2.18. The quantitative estimate of drug-likeness (QED) is 0.897. The first kappa shape index (κ1) is 15.9. The third-order valence-electron chi connectivity index (χ3n) is 3.70. The molecule has 3 rings (SSSR count). The zero-order chi connectivity index (χ0) is 16.9. The summed E-state index contributed by atoms with van der Waals surface area (Å²) in [5, 5.41) is 5.42. The second-order valence-electron chi connectivity index (χ2n) is 5.32. The van der Waals surface area contributed by atoms with Crippen LogP contribution in [-0.4, -0.2) is 32.1 Å². The lowest BCUT2D eigenvalue weighted by molar-refractivity contribution is 0.0945. The molecule has 6 nitrogen and oxygen atoms in total. The minimum atomic E-state index is -0.192. The number of hydrogen-bond donors (Lipinski definition) is 2. The van der Waals surface area contributed by atoms with Crippen molar-refractivity contribution in [2.45, 2.75) is 6.54 Å². The highest BCUT2D eigenvalue weighted by Crippen LogP contribution is 2.30. The zero-order valence-electron chi connectivity index (χ0n) is 13.3. The molecule has 0 radical (unpaired) electrons. The summed E-state index contributed by atoms with van der Waals surface area (Å²) >= 11 is 0. The Morgan fingerprint density at radius 1 is 0.917 bits per heavy atom. The number of carbonyl (C=O) groups excluding carboxylic acids is 2. The fourth-order valence-electron chi connectivity index (χ4n) is 2.39. The summed E-state index contributed by atoms with van der Waals surface area (Å²) in [5.41, 5.74) is 2.01. The molecule has 1 aliphatic heterocycles. The second kappa shape index (κ2) is 7.04. The predicted molar refractivity (Wildman–Crippen MR) is 88.4 cm³/mol. The van der Waals surface area contributed by atoms with Gasteiger partial charge in [-0.05, 0) is 35.9 Å². The minimum Gasteiger partial charge on any atom is -0.486 e. The molecule has 0 spiro atoms. The first-order chi connectivity index (χ1) is 11.7. The molecule has 0 saturated heterocycles. The number of ether oxygens (including phenoxy) is 2. The third-order valence-corrected chi connectivity index (χ3v) is 3.70. The highest BCUT2D eigenvalue weighted by atomic mass is 16.6. The molecule has 1 aliphatic rings. The van der Waals surface area contributed by atoms with Gasteiger partial charge in [0.2, 0.25) is 0 Å². The summed E-state index contributed by atoms with van der Waals surface area (Å²) in [6.45, 7) is 1.38. The topological polar surface area (TPSA) is 76.7 Å². The predicted octanol–water partition coefficient (Wildman–Crippen LogP) is 1.75. The molecular weight excluding hydrogens is 308 g/mol. The third kappa shape index (κ3) is 3.48. The van der Waals surface area contributed by atoms with Crippen LogP contribution in [0.2, 0.25) is 0 Å². The molecule has 0 unspecified atom stereocenters. The van der Waals surface area contributed by atoms with E-state index in [0.717, 1.165) is 5.56 Å². The maximum absolute atomic E-state index is 12.3. The van der Waals surface area contributed by atoms with E-state index >= 15 is 0 Å². The smallest absolute Gasteiger partial charge is 0.251 e. The zero-order valence-corrected chi connectivity index (χ0v) is 13.3. The summed E-state index contributed by atoms with van der Waals surface area (Å²) in [7, 11) is 1.59. The Balaban J connectivity index is 1.62. The highest BCUT2D eigenvalue weighted by molar-refractivity contribution is 5.95. The fraction of sp³-hybridized carbons (Fsp3) is 0.222. The molecule has 2 amide bonds. The van der Waals surface area contributed by atoms with Gasteiger partial charge in [0, 0.05) is 24.7 Å². The summed E-state index contributed by atoms with van der Waals surface area (Å²) < 4.78 is 10.9. The van der Waals surface area contributed by atoms with E-state index in [-0.39, 0.29) is 11.8 Å². The lowest BCUT2D eigenvalue weighted by atomic mass is 10.1. The van der Waals surface area contributed by atoms with Gasteiger partial charge in [-0.2, -0.15) is 0 Å². The van der Waals surface area contributed by atoms with Gasteiger partial charge in [-0.1, -0.05) is 12.1 Å². The van der Waals surface area contributed by atoms with Crippen LogP contribution in [0.25, 0.3) is 0 Å². The van der Waals surface area contributed by atoms with Crippen LogP contribution in [0.15, 0.2) is 42.5 Å². The van der Waals surface area contributed by atoms with Crippen molar-refractivity contribution in [3.05, 3.63) is 59.2 Å². The van der Waals surface area contributed by atoms with Crippen molar-refractivity contribution >= 4 is 11.8 Å². The van der Waals surface area contributed by atoms with Crippen LogP contribution < -0.4 is 20.1 Å². The first-order valence-electron chi connectivity index (χ1n) is 7.66. The van der Waals surface area contributed by atoms with Crippen molar-refractivity contribution in [1.29, 1.82) is 0 Å². The summed E-state index contributed by atoms with van der Waals surface area (Å²) in [6, 6.07) is 12.2. The molecule has 0 saturated carbocycles. The molecule has 6 heteroatoms. The molecule has 0 aromatic heterocycles. The number of amides is 2. The second-order valence-corrected chi connectivity index (χ2v) is 5.32. The van der Waals surface area contributed by atoms with E-state index in [1.165, 1.54) is 0 Å². The number of nitrogens with one attached hydrogen (secondary N) is 2. The number of fused-ring (bicyclic) bond motifs is 1. The molecule has 0 aliphatic carbocycles. The van der Waals surface area contributed by atoms with Crippen LogP contribution in [0.1, 0.15) is 26.3 Å². The molecule has 2 aromatic carbocycles. The Hall–Kier alpha value is -3.02. The van der Waals surface area contributed by atoms with Crippen LogP contribution in [0, 0.1) is 0 Å². The van der Waals surface area contributed by atoms with Gasteiger partial charge in [0.1, 0.15) is 13.2 Å². The normalized spacial score (nSPS) is 12.4. The Morgan fingerprint density at radius 2 is 1.58 bits per heavy atom. The van der Waals surface area contributed by atoms with E-state index in [9.17, 15) is 9.59 Å². The van der Waals surface area contributed by atoms with Gasteiger partial charge in [-0.25, -0.2) is 0 Å². The van der Waals surface area contributed by atoms with E-state index in [1.807, 2.05) is 12.1 Å². The van der Waals surface area contributed by atoms with Gasteiger partial charge in [-0.3, -0.25) is 9.59 Å². The lowest BCUT2D eigenvalue weighted by Crippen LogP contribution is -2.23. The Kier molecular flexibility index (Phi) is 4.65. The van der Waals surface area contributed by atoms with Gasteiger partial charge in [0.05, 0.1) is 0 Å². The van der Waals surface area contributed by atoms with Crippen molar-refractivity contribution in [3.63, 3.8) is 0 Å². The number of rotatable bonds is 4. The van der Waals surface area contributed by atoms with Crippen LogP contribution in [0.4, 0.5) is 0 Å². The average Bonchev–Trinajstić information content (AvgIpc) is 2.65.